The molecule has 0 atom stereocenters. The minimum absolute atomic E-state index is 0.00217. The Morgan fingerprint density at radius 2 is 1.86 bits per heavy atom. The molecule has 2 N–H and O–H groups in total. The molecule has 0 aliphatic carbocycles. The highest BCUT2D eigenvalue weighted by atomic mass is 32.1. The second-order valence-corrected chi connectivity index (χ2v) is 6.37. The molecular formula is C17H16N2OS. The zero-order chi connectivity index (χ0) is 15.0. The summed E-state index contributed by atoms with van der Waals surface area (Å²) >= 11 is 1.62. The zero-order valence-corrected chi connectivity index (χ0v) is 12.8. The molecule has 2 aromatic carbocycles. The molecule has 3 aromatic rings. The van der Waals surface area contributed by atoms with E-state index < -0.39 is 0 Å². The third kappa shape index (κ3) is 2.67. The van der Waals surface area contributed by atoms with Crippen LogP contribution in [0.1, 0.15) is 24.2 Å². The number of fused-ring (bicyclic) bond motifs is 1. The van der Waals surface area contributed by atoms with Crippen LogP contribution in [-0.2, 0) is 0 Å². The summed E-state index contributed by atoms with van der Waals surface area (Å²) in [7, 11) is 0. The fraction of sp³-hybridized carbons (Fsp3) is 0.176. The molecule has 106 valence electrons. The molecule has 0 unspecified atom stereocenters. The fourth-order valence-electron chi connectivity index (χ4n) is 2.16. The number of nitrogens with zero attached hydrogens (tertiary/aromatic N) is 1. The quantitative estimate of drug-likeness (QED) is 0.576. The van der Waals surface area contributed by atoms with Crippen LogP contribution in [0.25, 0.3) is 20.8 Å². The lowest BCUT2D eigenvalue weighted by Gasteiger charge is -2.03. The number of thiazole rings is 1. The van der Waals surface area contributed by atoms with E-state index in [1.165, 1.54) is 0 Å². The third-order valence-electron chi connectivity index (χ3n) is 3.35. The maximum absolute atomic E-state index is 12.1. The van der Waals surface area contributed by atoms with E-state index in [2.05, 4.69) is 4.98 Å². The predicted molar refractivity (Wildman–Crippen MR) is 88.6 cm³/mol. The molecule has 0 aliphatic heterocycles. The van der Waals surface area contributed by atoms with Crippen molar-refractivity contribution in [1.82, 2.24) is 4.98 Å². The summed E-state index contributed by atoms with van der Waals surface area (Å²) in [6, 6.07) is 13.4. The van der Waals surface area contributed by atoms with Gasteiger partial charge in [-0.1, -0.05) is 13.8 Å². The highest BCUT2D eigenvalue weighted by molar-refractivity contribution is 7.21. The van der Waals surface area contributed by atoms with Crippen LogP contribution < -0.4 is 5.73 Å². The van der Waals surface area contributed by atoms with Crippen LogP contribution in [0.15, 0.2) is 42.5 Å². The van der Waals surface area contributed by atoms with Crippen molar-refractivity contribution in [2.45, 2.75) is 13.8 Å². The number of hydrogen-bond acceptors (Lipinski definition) is 4. The van der Waals surface area contributed by atoms with Crippen LogP contribution in [0.4, 0.5) is 5.69 Å². The number of nitrogens with two attached hydrogens (primary N) is 1. The minimum atomic E-state index is -0.00217. The van der Waals surface area contributed by atoms with Gasteiger partial charge in [-0.25, -0.2) is 4.98 Å². The standard InChI is InChI=1S/C17H16N2OS/c1-10(2)16(20)12-5-8-15-14(9-12)19-17(21-15)11-3-6-13(18)7-4-11/h3-10H,18H2,1-2H3. The molecule has 0 bridgehead atoms. The van der Waals surface area contributed by atoms with Gasteiger partial charge in [0.2, 0.25) is 0 Å². The van der Waals surface area contributed by atoms with Crippen LogP contribution in [0.3, 0.4) is 0 Å². The first-order valence-electron chi connectivity index (χ1n) is 6.85. The molecular weight excluding hydrogens is 280 g/mol. The Balaban J connectivity index is 2.04. The Morgan fingerprint density at radius 1 is 1.14 bits per heavy atom. The summed E-state index contributed by atoms with van der Waals surface area (Å²) < 4.78 is 1.09. The number of Topliss-reactive ketones (excluding diaryl/α,β-unsaturated/α-hetero) is 1. The van der Waals surface area contributed by atoms with E-state index in [4.69, 9.17) is 5.73 Å². The van der Waals surface area contributed by atoms with Gasteiger partial charge < -0.3 is 5.73 Å². The van der Waals surface area contributed by atoms with Crippen molar-refractivity contribution >= 4 is 33.0 Å². The lowest BCUT2D eigenvalue weighted by molar-refractivity contribution is 0.0939. The average molecular weight is 296 g/mol. The number of rotatable bonds is 3. The van der Waals surface area contributed by atoms with E-state index in [-0.39, 0.29) is 11.7 Å². The summed E-state index contributed by atoms with van der Waals surface area (Å²) in [4.78, 5) is 16.7. The molecule has 1 heterocycles. The molecule has 0 saturated heterocycles. The Kier molecular flexibility index (Phi) is 3.47. The molecule has 0 radical (unpaired) electrons. The summed E-state index contributed by atoms with van der Waals surface area (Å²) in [5.74, 6) is 0.150. The Hall–Kier alpha value is -2.20. The maximum atomic E-state index is 12.1. The van der Waals surface area contributed by atoms with E-state index in [1.54, 1.807) is 11.3 Å². The van der Waals surface area contributed by atoms with E-state index in [9.17, 15) is 4.79 Å². The van der Waals surface area contributed by atoms with E-state index in [0.29, 0.717) is 0 Å². The number of carbonyl (C=O) groups is 1. The van der Waals surface area contributed by atoms with Gasteiger partial charge in [0.15, 0.2) is 5.78 Å². The number of benzene rings is 2. The highest BCUT2D eigenvalue weighted by Gasteiger charge is 2.13. The predicted octanol–water partition coefficient (Wildman–Crippen LogP) is 4.38. The second kappa shape index (κ2) is 5.30. The summed E-state index contributed by atoms with van der Waals surface area (Å²) in [6.07, 6.45) is 0. The molecule has 21 heavy (non-hydrogen) atoms. The molecule has 3 rings (SSSR count). The van der Waals surface area contributed by atoms with Crippen LogP contribution in [0, 0.1) is 5.92 Å². The summed E-state index contributed by atoms with van der Waals surface area (Å²) in [6.45, 7) is 3.82. The van der Waals surface area contributed by atoms with E-state index >= 15 is 0 Å². The van der Waals surface area contributed by atoms with Crippen molar-refractivity contribution in [3.63, 3.8) is 0 Å². The molecule has 0 amide bonds. The van der Waals surface area contributed by atoms with Crippen molar-refractivity contribution in [3.8, 4) is 10.6 Å². The molecule has 1 aromatic heterocycles. The summed E-state index contributed by atoms with van der Waals surface area (Å²) in [5, 5.41) is 0.944. The number of nitrogen functional groups attached to an aromatic ring is 1. The minimum Gasteiger partial charge on any atom is -0.399 e. The van der Waals surface area contributed by atoms with Crippen LogP contribution in [-0.4, -0.2) is 10.8 Å². The third-order valence-corrected chi connectivity index (χ3v) is 4.44. The van der Waals surface area contributed by atoms with E-state index in [0.717, 1.165) is 32.0 Å². The maximum Gasteiger partial charge on any atom is 0.165 e. The van der Waals surface area contributed by atoms with Crippen LogP contribution in [0.2, 0.25) is 0 Å². The fourth-order valence-corrected chi connectivity index (χ4v) is 3.11. The van der Waals surface area contributed by atoms with Gasteiger partial charge in [0.1, 0.15) is 5.01 Å². The van der Waals surface area contributed by atoms with Crippen molar-refractivity contribution < 1.29 is 4.79 Å². The topological polar surface area (TPSA) is 56.0 Å². The highest BCUT2D eigenvalue weighted by Crippen LogP contribution is 2.31. The molecule has 0 fully saturated rings. The van der Waals surface area contributed by atoms with Gasteiger partial charge in [-0.05, 0) is 42.5 Å². The number of aromatic nitrogens is 1. The first kappa shape index (κ1) is 13.8. The van der Waals surface area contributed by atoms with Crippen LogP contribution in [0.5, 0.6) is 0 Å². The van der Waals surface area contributed by atoms with Gasteiger partial charge in [0.25, 0.3) is 0 Å². The Labute approximate surface area is 127 Å². The summed E-state index contributed by atoms with van der Waals surface area (Å²) in [5.41, 5.74) is 9.09. The SMILES string of the molecule is CC(C)C(=O)c1ccc2sc(-c3ccc(N)cc3)nc2c1. The average Bonchev–Trinajstić information content (AvgIpc) is 2.89. The normalized spacial score (nSPS) is 11.2. The van der Waals surface area contributed by atoms with Gasteiger partial charge in [0.05, 0.1) is 10.2 Å². The second-order valence-electron chi connectivity index (χ2n) is 5.34. The first-order chi connectivity index (χ1) is 10.0. The van der Waals surface area contributed by atoms with Gasteiger partial charge in [-0.15, -0.1) is 11.3 Å². The molecule has 0 aliphatic rings. The van der Waals surface area contributed by atoms with Crippen molar-refractivity contribution in [2.75, 3.05) is 5.73 Å². The lowest BCUT2D eigenvalue weighted by Crippen LogP contribution is -2.06. The lowest BCUT2D eigenvalue weighted by atomic mass is 10.0. The van der Waals surface area contributed by atoms with Gasteiger partial charge >= 0.3 is 0 Å². The molecule has 4 heteroatoms. The molecule has 0 saturated carbocycles. The van der Waals surface area contributed by atoms with Crippen molar-refractivity contribution in [2.24, 2.45) is 5.92 Å². The number of anilines is 1. The van der Waals surface area contributed by atoms with Gasteiger partial charge in [-0.3, -0.25) is 4.79 Å². The van der Waals surface area contributed by atoms with Crippen LogP contribution >= 0.6 is 11.3 Å². The van der Waals surface area contributed by atoms with Crippen molar-refractivity contribution in [3.05, 3.63) is 48.0 Å². The zero-order valence-electron chi connectivity index (χ0n) is 12.0. The number of hydrogen-bond donors (Lipinski definition) is 1. The number of ketones is 1. The van der Waals surface area contributed by atoms with Gasteiger partial charge in [-0.2, -0.15) is 0 Å². The largest absolute Gasteiger partial charge is 0.399 e. The monoisotopic (exact) mass is 296 g/mol. The molecule has 0 spiro atoms. The first-order valence-corrected chi connectivity index (χ1v) is 7.67. The number of carbonyl (C=O) groups excluding carboxylic acids is 1. The smallest absolute Gasteiger partial charge is 0.165 e. The van der Waals surface area contributed by atoms with Crippen molar-refractivity contribution in [1.29, 1.82) is 0 Å². The Bertz CT molecular complexity index is 803. The van der Waals surface area contributed by atoms with Gasteiger partial charge in [0, 0.05) is 22.7 Å². The van der Waals surface area contributed by atoms with E-state index in [1.807, 2.05) is 56.3 Å². The molecule has 3 nitrogen and oxygen atoms in total. The Morgan fingerprint density at radius 3 is 2.52 bits per heavy atom.